The van der Waals surface area contributed by atoms with Crippen LogP contribution in [0.2, 0.25) is 0 Å². The molecule has 2 aromatic heterocycles. The quantitative estimate of drug-likeness (QED) is 0.586. The summed E-state index contributed by atoms with van der Waals surface area (Å²) < 4.78 is 28.3. The molecule has 0 saturated carbocycles. The van der Waals surface area contributed by atoms with Gasteiger partial charge in [0.05, 0.1) is 12.8 Å². The molecule has 6 nitrogen and oxygen atoms in total. The monoisotopic (exact) mass is 280 g/mol. The lowest BCUT2D eigenvalue weighted by molar-refractivity contribution is -0.750. The van der Waals surface area contributed by atoms with Crippen molar-refractivity contribution in [2.24, 2.45) is 0 Å². The molecule has 100 valence electrons. The zero-order valence-electron chi connectivity index (χ0n) is 10.4. The van der Waals surface area contributed by atoms with Gasteiger partial charge in [-0.05, 0) is 17.2 Å². The molecule has 0 aromatic carbocycles. The van der Waals surface area contributed by atoms with Crippen LogP contribution in [0.3, 0.4) is 0 Å². The first kappa shape index (κ1) is 13.6. The molecule has 0 N–H and O–H groups in total. The molecular weight excluding hydrogens is 266 g/mol. The molecule has 0 atom stereocenters. The van der Waals surface area contributed by atoms with Crippen molar-refractivity contribution < 1.29 is 17.3 Å². The lowest BCUT2D eigenvalue weighted by Crippen LogP contribution is -2.40. The second-order valence-electron chi connectivity index (χ2n) is 3.82. The van der Waals surface area contributed by atoms with Crippen molar-refractivity contribution in [3.8, 4) is 11.3 Å². The Morgan fingerprint density at radius 3 is 2.74 bits per heavy atom. The topological polar surface area (TPSA) is 73.0 Å². The Morgan fingerprint density at radius 2 is 2.16 bits per heavy atom. The van der Waals surface area contributed by atoms with Crippen LogP contribution in [0.5, 0.6) is 0 Å². The predicted octanol–water partition coefficient (Wildman–Crippen LogP) is 0.407. The van der Waals surface area contributed by atoms with Crippen LogP contribution < -0.4 is 4.68 Å². The summed E-state index contributed by atoms with van der Waals surface area (Å²) in [6, 6.07) is 7.47. The fourth-order valence-electron chi connectivity index (χ4n) is 1.49. The van der Waals surface area contributed by atoms with Crippen molar-refractivity contribution in [1.29, 1.82) is 0 Å². The molecule has 0 aliphatic heterocycles. The SMILES string of the molecule is COS(=O)(=O)CC[n+]1ccc(-c2ccccn2)cn1. The summed E-state index contributed by atoms with van der Waals surface area (Å²) in [5.41, 5.74) is 1.71. The van der Waals surface area contributed by atoms with Crippen LogP contribution in [0.4, 0.5) is 0 Å². The fraction of sp³-hybridized carbons (Fsp3) is 0.250. The third-order valence-corrected chi connectivity index (χ3v) is 3.75. The van der Waals surface area contributed by atoms with Gasteiger partial charge in [-0.2, -0.15) is 8.42 Å². The minimum Gasteiger partial charge on any atom is -0.273 e. The predicted molar refractivity (Wildman–Crippen MR) is 68.5 cm³/mol. The smallest absolute Gasteiger partial charge is 0.273 e. The molecule has 0 aliphatic rings. The van der Waals surface area contributed by atoms with Gasteiger partial charge in [-0.25, -0.2) is 0 Å². The molecule has 0 spiro atoms. The van der Waals surface area contributed by atoms with Crippen LogP contribution in [0, 0.1) is 0 Å². The number of aryl methyl sites for hydroxylation is 1. The van der Waals surface area contributed by atoms with Gasteiger partial charge in [0.15, 0.2) is 12.7 Å². The maximum atomic E-state index is 11.2. The lowest BCUT2D eigenvalue weighted by Gasteiger charge is -1.99. The first-order valence-corrected chi connectivity index (χ1v) is 7.24. The summed E-state index contributed by atoms with van der Waals surface area (Å²) >= 11 is 0. The Kier molecular flexibility index (Phi) is 4.18. The molecule has 0 fully saturated rings. The summed E-state index contributed by atoms with van der Waals surface area (Å²) in [5.74, 6) is -0.107. The van der Waals surface area contributed by atoms with Gasteiger partial charge in [-0.15, -0.1) is 0 Å². The van der Waals surface area contributed by atoms with Crippen molar-refractivity contribution in [1.82, 2.24) is 10.1 Å². The summed E-state index contributed by atoms with van der Waals surface area (Å²) in [5, 5.41) is 4.15. The van der Waals surface area contributed by atoms with Gasteiger partial charge in [0.25, 0.3) is 10.1 Å². The zero-order valence-corrected chi connectivity index (χ0v) is 11.2. The third kappa shape index (κ3) is 3.80. The molecule has 2 rings (SSSR count). The lowest BCUT2D eigenvalue weighted by atomic mass is 10.2. The van der Waals surface area contributed by atoms with Gasteiger partial charge in [0, 0.05) is 17.8 Å². The molecule has 0 saturated heterocycles. The minimum absolute atomic E-state index is 0.107. The minimum atomic E-state index is -3.45. The average Bonchev–Trinajstić information content (AvgIpc) is 2.47. The van der Waals surface area contributed by atoms with E-state index < -0.39 is 10.1 Å². The van der Waals surface area contributed by atoms with E-state index in [1.165, 1.54) is 0 Å². The summed E-state index contributed by atoms with van der Waals surface area (Å²) in [7, 11) is -2.30. The van der Waals surface area contributed by atoms with Gasteiger partial charge in [-0.3, -0.25) is 9.17 Å². The number of hydrogen-bond donors (Lipinski definition) is 0. The third-order valence-electron chi connectivity index (χ3n) is 2.56. The van der Waals surface area contributed by atoms with Crippen LogP contribution in [-0.2, 0) is 20.8 Å². The standard InChI is InChI=1S/C12H14N3O3S/c1-18-19(16,17)9-8-15-7-5-11(10-14-15)12-4-2-3-6-13-12/h2-7,10H,8-9H2,1H3/q+1. The highest BCUT2D eigenvalue weighted by molar-refractivity contribution is 7.86. The maximum Gasteiger partial charge on any atom is 0.273 e. The van der Waals surface area contributed by atoms with Crippen molar-refractivity contribution in [2.75, 3.05) is 12.9 Å². The zero-order chi connectivity index (χ0) is 13.7. The van der Waals surface area contributed by atoms with Gasteiger partial charge >= 0.3 is 0 Å². The van der Waals surface area contributed by atoms with E-state index in [9.17, 15) is 8.42 Å². The van der Waals surface area contributed by atoms with Gasteiger partial charge in [-0.1, -0.05) is 10.7 Å². The summed E-state index contributed by atoms with van der Waals surface area (Å²) in [6.45, 7) is 0.249. The highest BCUT2D eigenvalue weighted by Gasteiger charge is 2.13. The fourth-order valence-corrected chi connectivity index (χ4v) is 2.07. The number of pyridine rings is 1. The molecule has 0 radical (unpaired) electrons. The van der Waals surface area contributed by atoms with E-state index in [0.717, 1.165) is 18.4 Å². The van der Waals surface area contributed by atoms with Crippen LogP contribution in [-0.4, -0.2) is 31.4 Å². The Hall–Kier alpha value is -1.86. The van der Waals surface area contributed by atoms with Crippen LogP contribution in [0.1, 0.15) is 0 Å². The van der Waals surface area contributed by atoms with E-state index in [-0.39, 0.29) is 12.3 Å². The molecule has 0 amide bonds. The summed E-state index contributed by atoms with van der Waals surface area (Å²) in [6.07, 6.45) is 5.08. The van der Waals surface area contributed by atoms with E-state index in [1.807, 2.05) is 24.3 Å². The number of aromatic nitrogens is 3. The molecule has 0 bridgehead atoms. The van der Waals surface area contributed by atoms with Gasteiger partial charge < -0.3 is 0 Å². The van der Waals surface area contributed by atoms with E-state index in [4.69, 9.17) is 0 Å². The Balaban J connectivity index is 2.07. The van der Waals surface area contributed by atoms with E-state index in [0.29, 0.717) is 0 Å². The maximum absolute atomic E-state index is 11.2. The first-order valence-electron chi connectivity index (χ1n) is 5.66. The van der Waals surface area contributed by atoms with Gasteiger partial charge in [0.2, 0.25) is 0 Å². The average molecular weight is 280 g/mol. The van der Waals surface area contributed by atoms with E-state index >= 15 is 0 Å². The van der Waals surface area contributed by atoms with Crippen LogP contribution >= 0.6 is 0 Å². The number of nitrogens with zero attached hydrogens (tertiary/aromatic N) is 3. The first-order chi connectivity index (χ1) is 9.11. The molecule has 2 heterocycles. The van der Waals surface area contributed by atoms with Crippen molar-refractivity contribution in [3.05, 3.63) is 42.9 Å². The molecule has 2 aromatic rings. The van der Waals surface area contributed by atoms with Crippen molar-refractivity contribution >= 4 is 10.1 Å². The Labute approximate surface area is 111 Å². The largest absolute Gasteiger partial charge is 0.273 e. The highest BCUT2D eigenvalue weighted by Crippen LogP contribution is 2.12. The Bertz CT molecular complexity index is 627. The van der Waals surface area contributed by atoms with Crippen molar-refractivity contribution in [3.63, 3.8) is 0 Å². The summed E-state index contributed by atoms with van der Waals surface area (Å²) in [4.78, 5) is 4.21. The second-order valence-corrected chi connectivity index (χ2v) is 5.68. The number of rotatable bonds is 5. The molecular formula is C12H14N3O3S+. The molecule has 0 aliphatic carbocycles. The van der Waals surface area contributed by atoms with Gasteiger partial charge in [0.1, 0.15) is 11.9 Å². The van der Waals surface area contributed by atoms with Crippen LogP contribution in [0.15, 0.2) is 42.9 Å². The highest BCUT2D eigenvalue weighted by atomic mass is 32.2. The van der Waals surface area contributed by atoms with E-state index in [1.54, 1.807) is 23.3 Å². The molecule has 7 heteroatoms. The molecule has 0 unspecified atom stereocenters. The van der Waals surface area contributed by atoms with Crippen molar-refractivity contribution in [2.45, 2.75) is 6.54 Å². The van der Waals surface area contributed by atoms with Crippen LogP contribution in [0.25, 0.3) is 11.3 Å². The second kappa shape index (κ2) is 5.85. The Morgan fingerprint density at radius 1 is 1.32 bits per heavy atom. The molecule has 19 heavy (non-hydrogen) atoms. The normalized spacial score (nSPS) is 11.4. The number of hydrogen-bond acceptors (Lipinski definition) is 5. The van der Waals surface area contributed by atoms with E-state index in [2.05, 4.69) is 14.3 Å².